The maximum atomic E-state index is 12.6. The number of nitriles is 1. The Morgan fingerprint density at radius 2 is 1.92 bits per heavy atom. The van der Waals surface area contributed by atoms with Crippen molar-refractivity contribution in [3.8, 4) is 6.07 Å². The summed E-state index contributed by atoms with van der Waals surface area (Å²) < 4.78 is 27.6. The quantitative estimate of drug-likeness (QED) is 0.403. The number of pyridine rings is 1. The summed E-state index contributed by atoms with van der Waals surface area (Å²) in [6, 6.07) is 11.6. The number of anilines is 2. The summed E-state index contributed by atoms with van der Waals surface area (Å²) >= 11 is 1.22. The first-order chi connectivity index (χ1) is 17.9. The zero-order valence-electron chi connectivity index (χ0n) is 21.8. The molecule has 3 aromatic rings. The van der Waals surface area contributed by atoms with Crippen molar-refractivity contribution in [1.29, 1.82) is 5.26 Å². The number of sulfonamides is 1. The second kappa shape index (κ2) is 11.1. The maximum absolute atomic E-state index is 12.6. The Kier molecular flexibility index (Phi) is 8.04. The standard InChI is InChI=1S/C27H30N6O3S2/c1-17-11-12-29-26(30-17)33-38(35,36)22-8-6-21(7-9-22)31-24(34)16-37-25-19(15-28)13-18-14-20(27(2,3)4)5-10-23(18)32-25/h6-9,11-13,20H,5,10,14,16H2,1-4H3,(H,31,34)(H,29,30,33). The number of rotatable bonds is 7. The molecular formula is C27H30N6O3S2. The number of nitrogens with one attached hydrogen (secondary N) is 2. The lowest BCUT2D eigenvalue weighted by Gasteiger charge is -2.34. The number of thioether (sulfide) groups is 1. The number of nitrogens with zero attached hydrogens (tertiary/aromatic N) is 4. The molecule has 38 heavy (non-hydrogen) atoms. The fourth-order valence-corrected chi connectivity index (χ4v) is 6.03. The molecule has 9 nitrogen and oxygen atoms in total. The van der Waals surface area contributed by atoms with Crippen LogP contribution < -0.4 is 10.0 Å². The van der Waals surface area contributed by atoms with Gasteiger partial charge in [0.25, 0.3) is 10.0 Å². The van der Waals surface area contributed by atoms with Crippen LogP contribution in [0.1, 0.15) is 49.7 Å². The van der Waals surface area contributed by atoms with E-state index in [0.29, 0.717) is 27.9 Å². The van der Waals surface area contributed by atoms with Crippen molar-refractivity contribution in [3.05, 3.63) is 65.1 Å². The van der Waals surface area contributed by atoms with Gasteiger partial charge in [0.15, 0.2) is 0 Å². The van der Waals surface area contributed by atoms with Crippen LogP contribution >= 0.6 is 11.8 Å². The van der Waals surface area contributed by atoms with Gasteiger partial charge in [0, 0.05) is 23.3 Å². The predicted molar refractivity (Wildman–Crippen MR) is 147 cm³/mol. The molecule has 0 spiro atoms. The fourth-order valence-electron chi connectivity index (χ4n) is 4.30. The lowest BCUT2D eigenvalue weighted by Crippen LogP contribution is -2.27. The molecule has 1 unspecified atom stereocenters. The molecule has 0 bridgehead atoms. The van der Waals surface area contributed by atoms with E-state index in [9.17, 15) is 18.5 Å². The molecular weight excluding hydrogens is 520 g/mol. The van der Waals surface area contributed by atoms with Crippen LogP contribution in [0.5, 0.6) is 0 Å². The minimum atomic E-state index is -3.88. The van der Waals surface area contributed by atoms with Crippen molar-refractivity contribution >= 4 is 39.3 Å². The zero-order valence-corrected chi connectivity index (χ0v) is 23.4. The molecule has 0 saturated carbocycles. The zero-order chi connectivity index (χ0) is 27.5. The third-order valence-corrected chi connectivity index (χ3v) is 8.84. The first-order valence-electron chi connectivity index (χ1n) is 12.2. The van der Waals surface area contributed by atoms with E-state index in [2.05, 4.69) is 46.8 Å². The minimum absolute atomic E-state index is 0.0130. The molecule has 11 heteroatoms. The van der Waals surface area contributed by atoms with Crippen LogP contribution in [-0.2, 0) is 27.7 Å². The average molecular weight is 551 g/mol. The molecule has 1 aliphatic rings. The number of hydrogen-bond donors (Lipinski definition) is 2. The molecule has 1 aliphatic carbocycles. The van der Waals surface area contributed by atoms with E-state index in [1.165, 1.54) is 42.2 Å². The van der Waals surface area contributed by atoms with Gasteiger partial charge < -0.3 is 5.32 Å². The van der Waals surface area contributed by atoms with E-state index in [-0.39, 0.29) is 27.9 Å². The van der Waals surface area contributed by atoms with Crippen LogP contribution in [0, 0.1) is 29.6 Å². The molecule has 1 atom stereocenters. The summed E-state index contributed by atoms with van der Waals surface area (Å²) in [5.41, 5.74) is 3.90. The van der Waals surface area contributed by atoms with Crippen molar-refractivity contribution in [3.63, 3.8) is 0 Å². The van der Waals surface area contributed by atoms with E-state index in [1.807, 2.05) is 6.07 Å². The van der Waals surface area contributed by atoms with Gasteiger partial charge in [-0.15, -0.1) is 0 Å². The molecule has 2 N–H and O–H groups in total. The molecule has 0 saturated heterocycles. The summed E-state index contributed by atoms with van der Waals surface area (Å²) in [5, 5.41) is 13.0. The molecule has 1 aromatic carbocycles. The predicted octanol–water partition coefficient (Wildman–Crippen LogP) is 4.73. The van der Waals surface area contributed by atoms with E-state index < -0.39 is 10.0 Å². The van der Waals surface area contributed by atoms with Crippen LogP contribution in [0.3, 0.4) is 0 Å². The Hall–Kier alpha value is -3.49. The highest BCUT2D eigenvalue weighted by molar-refractivity contribution is 8.00. The molecule has 2 heterocycles. The minimum Gasteiger partial charge on any atom is -0.325 e. The van der Waals surface area contributed by atoms with Crippen LogP contribution in [0.15, 0.2) is 52.5 Å². The Labute approximate surface area is 227 Å². The number of aromatic nitrogens is 3. The largest absolute Gasteiger partial charge is 0.325 e. The van der Waals surface area contributed by atoms with Gasteiger partial charge in [-0.2, -0.15) is 5.26 Å². The van der Waals surface area contributed by atoms with Crippen molar-refractivity contribution in [2.45, 2.75) is 56.9 Å². The fraction of sp³-hybridized carbons (Fsp3) is 0.370. The summed E-state index contributed by atoms with van der Waals surface area (Å²) in [5.74, 6) is 0.312. The maximum Gasteiger partial charge on any atom is 0.264 e. The molecule has 4 rings (SSSR count). The smallest absolute Gasteiger partial charge is 0.264 e. The highest BCUT2D eigenvalue weighted by atomic mass is 32.2. The molecule has 0 aliphatic heterocycles. The Morgan fingerprint density at radius 3 is 2.58 bits per heavy atom. The normalized spacial score (nSPS) is 15.3. The molecule has 198 valence electrons. The van der Waals surface area contributed by atoms with Gasteiger partial charge in [-0.1, -0.05) is 32.5 Å². The summed E-state index contributed by atoms with van der Waals surface area (Å²) in [4.78, 5) is 25.3. The Bertz CT molecular complexity index is 1490. The van der Waals surface area contributed by atoms with Crippen molar-refractivity contribution in [2.24, 2.45) is 11.3 Å². The van der Waals surface area contributed by atoms with Gasteiger partial charge in [0.2, 0.25) is 11.9 Å². The van der Waals surface area contributed by atoms with Crippen LogP contribution in [0.2, 0.25) is 0 Å². The summed E-state index contributed by atoms with van der Waals surface area (Å²) in [7, 11) is -3.88. The van der Waals surface area contributed by atoms with Crippen LogP contribution in [-0.4, -0.2) is 35.0 Å². The number of aryl methyl sites for hydroxylation is 2. The van der Waals surface area contributed by atoms with E-state index in [4.69, 9.17) is 4.98 Å². The van der Waals surface area contributed by atoms with Gasteiger partial charge in [-0.25, -0.2) is 28.1 Å². The number of fused-ring (bicyclic) bond motifs is 1. The second-order valence-electron chi connectivity index (χ2n) is 10.4. The number of amides is 1. The summed E-state index contributed by atoms with van der Waals surface area (Å²) in [6.45, 7) is 8.47. The summed E-state index contributed by atoms with van der Waals surface area (Å²) in [6.07, 6.45) is 4.30. The lowest BCUT2D eigenvalue weighted by molar-refractivity contribution is -0.113. The monoisotopic (exact) mass is 550 g/mol. The first-order valence-corrected chi connectivity index (χ1v) is 14.7. The highest BCUT2D eigenvalue weighted by Gasteiger charge is 2.30. The second-order valence-corrected chi connectivity index (χ2v) is 13.0. The number of benzene rings is 1. The van der Waals surface area contributed by atoms with E-state index in [0.717, 1.165) is 30.5 Å². The third kappa shape index (κ3) is 6.68. The molecule has 1 amide bonds. The van der Waals surface area contributed by atoms with E-state index in [1.54, 1.807) is 13.0 Å². The van der Waals surface area contributed by atoms with E-state index >= 15 is 0 Å². The van der Waals surface area contributed by atoms with Crippen LogP contribution in [0.4, 0.5) is 11.6 Å². The van der Waals surface area contributed by atoms with Gasteiger partial charge >= 0.3 is 0 Å². The Balaban J connectivity index is 1.37. The number of hydrogen-bond acceptors (Lipinski definition) is 8. The SMILES string of the molecule is Cc1ccnc(NS(=O)(=O)c2ccc(NC(=O)CSc3nc4c(cc3C#N)CC(C(C)(C)C)CC4)cc2)n1. The van der Waals surface area contributed by atoms with Gasteiger partial charge in [0.1, 0.15) is 11.1 Å². The average Bonchev–Trinajstić information content (AvgIpc) is 2.86. The lowest BCUT2D eigenvalue weighted by atomic mass is 9.71. The molecule has 0 radical (unpaired) electrons. The van der Waals surface area contributed by atoms with Crippen molar-refractivity contribution < 1.29 is 13.2 Å². The Morgan fingerprint density at radius 1 is 1.18 bits per heavy atom. The van der Waals surface area contributed by atoms with Crippen LogP contribution in [0.25, 0.3) is 0 Å². The number of carbonyl (C=O) groups is 1. The van der Waals surface area contributed by atoms with Gasteiger partial charge in [-0.3, -0.25) is 4.79 Å². The van der Waals surface area contributed by atoms with Gasteiger partial charge in [-0.05, 0) is 79.5 Å². The third-order valence-electron chi connectivity index (χ3n) is 6.51. The first kappa shape index (κ1) is 27.5. The molecule has 0 fully saturated rings. The van der Waals surface area contributed by atoms with Crippen molar-refractivity contribution in [2.75, 3.05) is 15.8 Å². The number of carbonyl (C=O) groups excluding carboxylic acids is 1. The topological polar surface area (TPSA) is 138 Å². The van der Waals surface area contributed by atoms with Gasteiger partial charge in [0.05, 0.1) is 16.2 Å². The van der Waals surface area contributed by atoms with Crippen molar-refractivity contribution in [1.82, 2.24) is 15.0 Å². The highest BCUT2D eigenvalue weighted by Crippen LogP contribution is 2.38. The molecule has 2 aromatic heterocycles.